The third-order valence-corrected chi connectivity index (χ3v) is 6.51. The van der Waals surface area contributed by atoms with Gasteiger partial charge in [-0.2, -0.15) is 0 Å². The van der Waals surface area contributed by atoms with Crippen LogP contribution in [-0.2, 0) is 17.7 Å². The predicted octanol–water partition coefficient (Wildman–Crippen LogP) is 4.14. The molecule has 2 unspecified atom stereocenters. The van der Waals surface area contributed by atoms with E-state index in [0.717, 1.165) is 19.6 Å². The van der Waals surface area contributed by atoms with Crippen molar-refractivity contribution in [1.82, 2.24) is 5.32 Å². The Bertz CT molecular complexity index is 436. The number of ether oxygens (including phenoxy) is 1. The van der Waals surface area contributed by atoms with Crippen LogP contribution in [0.2, 0.25) is 0 Å². The van der Waals surface area contributed by atoms with E-state index < -0.39 is 0 Å². The Morgan fingerprint density at radius 1 is 1.25 bits per heavy atom. The molecule has 2 saturated carbocycles. The summed E-state index contributed by atoms with van der Waals surface area (Å²) in [7, 11) is 0. The standard InChI is InChI=1S/C17H27NOS/c1-3-13-7-8-14(20-13)12-18-15-11-16(19-4-2)17(15)9-5-6-10-17/h7-8,15-16,18H,3-6,9-12H2,1-2H3. The molecule has 1 spiro atoms. The first-order valence-electron chi connectivity index (χ1n) is 8.21. The number of rotatable bonds is 6. The van der Waals surface area contributed by atoms with Crippen LogP contribution >= 0.6 is 11.3 Å². The maximum absolute atomic E-state index is 5.98. The summed E-state index contributed by atoms with van der Waals surface area (Å²) in [5.41, 5.74) is 0.459. The summed E-state index contributed by atoms with van der Waals surface area (Å²) in [6, 6.07) is 5.24. The molecule has 0 amide bonds. The lowest BCUT2D eigenvalue weighted by Gasteiger charge is -2.54. The van der Waals surface area contributed by atoms with Crippen molar-refractivity contribution in [2.45, 2.75) is 71.1 Å². The highest BCUT2D eigenvalue weighted by atomic mass is 32.1. The second kappa shape index (κ2) is 6.17. The van der Waals surface area contributed by atoms with Crippen molar-refractivity contribution in [3.63, 3.8) is 0 Å². The average molecular weight is 293 g/mol. The number of hydrogen-bond acceptors (Lipinski definition) is 3. The first-order chi connectivity index (χ1) is 9.78. The highest BCUT2D eigenvalue weighted by molar-refractivity contribution is 7.11. The number of aryl methyl sites for hydroxylation is 1. The van der Waals surface area contributed by atoms with Gasteiger partial charge in [-0.1, -0.05) is 19.8 Å². The molecule has 1 aromatic rings. The maximum Gasteiger partial charge on any atom is 0.0661 e. The third-order valence-electron chi connectivity index (χ3n) is 5.28. The predicted molar refractivity (Wildman–Crippen MR) is 85.3 cm³/mol. The van der Waals surface area contributed by atoms with Crippen molar-refractivity contribution in [2.24, 2.45) is 5.41 Å². The van der Waals surface area contributed by atoms with Crippen LogP contribution < -0.4 is 5.32 Å². The molecule has 2 aliphatic carbocycles. The SMILES string of the molecule is CCOC1CC(NCc2ccc(CC)s2)C12CCCC2. The Kier molecular flexibility index (Phi) is 4.49. The third kappa shape index (κ3) is 2.56. The lowest BCUT2D eigenvalue weighted by atomic mass is 9.60. The Hall–Kier alpha value is -0.380. The molecule has 0 bridgehead atoms. The van der Waals surface area contributed by atoms with Crippen molar-refractivity contribution in [3.8, 4) is 0 Å². The molecule has 0 aromatic carbocycles. The molecule has 1 N–H and O–H groups in total. The van der Waals surface area contributed by atoms with Gasteiger partial charge in [-0.15, -0.1) is 11.3 Å². The Balaban J connectivity index is 1.57. The molecular formula is C17H27NOS. The number of thiophene rings is 1. The van der Waals surface area contributed by atoms with Crippen molar-refractivity contribution in [2.75, 3.05) is 6.61 Å². The quantitative estimate of drug-likeness (QED) is 0.851. The van der Waals surface area contributed by atoms with Crippen LogP contribution in [0.3, 0.4) is 0 Å². The van der Waals surface area contributed by atoms with Gasteiger partial charge in [-0.25, -0.2) is 0 Å². The number of hydrogen-bond donors (Lipinski definition) is 1. The molecule has 2 aliphatic rings. The van der Waals surface area contributed by atoms with Gasteiger partial charge in [0, 0.05) is 34.4 Å². The molecule has 0 radical (unpaired) electrons. The van der Waals surface area contributed by atoms with E-state index >= 15 is 0 Å². The van der Waals surface area contributed by atoms with E-state index in [0.29, 0.717) is 17.6 Å². The monoisotopic (exact) mass is 293 g/mol. The van der Waals surface area contributed by atoms with Gasteiger partial charge in [0.05, 0.1) is 6.10 Å². The van der Waals surface area contributed by atoms with Crippen LogP contribution in [0.5, 0.6) is 0 Å². The minimum Gasteiger partial charge on any atom is -0.378 e. The highest BCUT2D eigenvalue weighted by Gasteiger charge is 2.56. The van der Waals surface area contributed by atoms with Gasteiger partial charge in [0.2, 0.25) is 0 Å². The summed E-state index contributed by atoms with van der Waals surface area (Å²) in [5, 5.41) is 3.82. The first-order valence-corrected chi connectivity index (χ1v) is 9.02. The van der Waals surface area contributed by atoms with E-state index in [1.165, 1.54) is 41.9 Å². The molecule has 20 heavy (non-hydrogen) atoms. The lowest BCUT2D eigenvalue weighted by molar-refractivity contribution is -0.130. The van der Waals surface area contributed by atoms with E-state index in [-0.39, 0.29) is 0 Å². The molecule has 2 atom stereocenters. The average Bonchev–Trinajstić information content (AvgIpc) is 3.11. The Morgan fingerprint density at radius 2 is 2.00 bits per heavy atom. The van der Waals surface area contributed by atoms with Gasteiger partial charge in [-0.3, -0.25) is 0 Å². The van der Waals surface area contributed by atoms with Crippen molar-refractivity contribution < 1.29 is 4.74 Å². The summed E-state index contributed by atoms with van der Waals surface area (Å²) in [6.45, 7) is 6.26. The van der Waals surface area contributed by atoms with Gasteiger partial charge >= 0.3 is 0 Å². The second-order valence-electron chi connectivity index (χ2n) is 6.28. The summed E-state index contributed by atoms with van der Waals surface area (Å²) in [5.74, 6) is 0. The van der Waals surface area contributed by atoms with Gasteiger partial charge in [-0.05, 0) is 44.7 Å². The molecule has 1 heterocycles. The van der Waals surface area contributed by atoms with Crippen LogP contribution in [0.15, 0.2) is 12.1 Å². The van der Waals surface area contributed by atoms with E-state index in [1.54, 1.807) is 0 Å². The molecule has 2 nitrogen and oxygen atoms in total. The van der Waals surface area contributed by atoms with Crippen molar-refractivity contribution in [3.05, 3.63) is 21.9 Å². The minimum atomic E-state index is 0.459. The normalized spacial score (nSPS) is 27.9. The van der Waals surface area contributed by atoms with Gasteiger partial charge < -0.3 is 10.1 Å². The zero-order valence-electron chi connectivity index (χ0n) is 12.8. The summed E-state index contributed by atoms with van der Waals surface area (Å²) in [4.78, 5) is 2.98. The fourth-order valence-corrected chi connectivity index (χ4v) is 5.01. The topological polar surface area (TPSA) is 21.3 Å². The van der Waals surface area contributed by atoms with Crippen LogP contribution in [0.4, 0.5) is 0 Å². The number of nitrogens with one attached hydrogen (secondary N) is 1. The molecule has 0 aliphatic heterocycles. The molecule has 3 rings (SSSR count). The van der Waals surface area contributed by atoms with Gasteiger partial charge in [0.15, 0.2) is 0 Å². The Labute approximate surface area is 126 Å². The van der Waals surface area contributed by atoms with E-state index in [9.17, 15) is 0 Å². The van der Waals surface area contributed by atoms with E-state index in [2.05, 4.69) is 31.3 Å². The fourth-order valence-electron chi connectivity index (χ4n) is 4.10. The van der Waals surface area contributed by atoms with Gasteiger partial charge in [0.1, 0.15) is 0 Å². The highest BCUT2D eigenvalue weighted by Crippen LogP contribution is 2.54. The molecule has 3 heteroatoms. The van der Waals surface area contributed by atoms with Crippen molar-refractivity contribution in [1.29, 1.82) is 0 Å². The second-order valence-corrected chi connectivity index (χ2v) is 7.53. The first kappa shape index (κ1) is 14.6. The Morgan fingerprint density at radius 3 is 2.65 bits per heavy atom. The van der Waals surface area contributed by atoms with E-state index in [4.69, 9.17) is 4.74 Å². The van der Waals surface area contributed by atoms with Crippen molar-refractivity contribution >= 4 is 11.3 Å². The van der Waals surface area contributed by atoms with Crippen LogP contribution in [0.1, 0.15) is 55.7 Å². The summed E-state index contributed by atoms with van der Waals surface area (Å²) < 4.78 is 5.98. The molecular weight excluding hydrogens is 266 g/mol. The smallest absolute Gasteiger partial charge is 0.0661 e. The van der Waals surface area contributed by atoms with Crippen LogP contribution in [0.25, 0.3) is 0 Å². The van der Waals surface area contributed by atoms with Gasteiger partial charge in [0.25, 0.3) is 0 Å². The molecule has 112 valence electrons. The molecule has 1 aromatic heterocycles. The van der Waals surface area contributed by atoms with Crippen LogP contribution in [-0.4, -0.2) is 18.8 Å². The minimum absolute atomic E-state index is 0.459. The molecule has 0 saturated heterocycles. The zero-order valence-corrected chi connectivity index (χ0v) is 13.6. The maximum atomic E-state index is 5.98. The molecule has 2 fully saturated rings. The van der Waals surface area contributed by atoms with Crippen LogP contribution in [0, 0.1) is 5.41 Å². The van der Waals surface area contributed by atoms with E-state index in [1.807, 2.05) is 11.3 Å². The lowest BCUT2D eigenvalue weighted by Crippen LogP contribution is -2.62. The largest absolute Gasteiger partial charge is 0.378 e. The summed E-state index contributed by atoms with van der Waals surface area (Å²) in [6.07, 6.45) is 8.38. The fraction of sp³-hybridized carbons (Fsp3) is 0.765. The summed E-state index contributed by atoms with van der Waals surface area (Å²) >= 11 is 1.96. The zero-order chi connectivity index (χ0) is 14.0.